The number of nitrogens with two attached hydrogens (primary N) is 1. The fraction of sp³-hybridized carbons (Fsp3) is 0.400. The number of hydrogen-bond acceptors (Lipinski definition) is 3. The molecule has 0 bridgehead atoms. The molecule has 0 radical (unpaired) electrons. The number of aryl methyl sites for hydroxylation is 2. The lowest BCUT2D eigenvalue weighted by Crippen LogP contribution is -2.31. The second-order valence-corrected chi connectivity index (χ2v) is 5.40. The zero-order valence-corrected chi connectivity index (χ0v) is 12.9. The Labute approximate surface area is 124 Å². The Morgan fingerprint density at radius 2 is 2.15 bits per heavy atom. The van der Waals surface area contributed by atoms with Crippen molar-refractivity contribution in [2.45, 2.75) is 39.8 Å². The SMILES string of the molecule is CCCn1ncc(Cl)c1C(NN)c1cccc(C)c1C. The van der Waals surface area contributed by atoms with E-state index in [-0.39, 0.29) is 6.04 Å². The van der Waals surface area contributed by atoms with E-state index < -0.39 is 0 Å². The highest BCUT2D eigenvalue weighted by Crippen LogP contribution is 2.30. The summed E-state index contributed by atoms with van der Waals surface area (Å²) in [5.41, 5.74) is 7.39. The van der Waals surface area contributed by atoms with Gasteiger partial charge in [-0.15, -0.1) is 0 Å². The van der Waals surface area contributed by atoms with Gasteiger partial charge in [0.25, 0.3) is 0 Å². The van der Waals surface area contributed by atoms with Gasteiger partial charge in [0.2, 0.25) is 0 Å². The fourth-order valence-electron chi connectivity index (χ4n) is 2.45. The predicted molar refractivity (Wildman–Crippen MR) is 82.6 cm³/mol. The standard InChI is InChI=1S/C15H21ClN4/c1-4-8-20-15(13(16)9-18-20)14(19-17)12-7-5-6-10(2)11(12)3/h5-7,9,14,19H,4,8,17H2,1-3H3. The molecule has 0 saturated heterocycles. The molecule has 1 aromatic heterocycles. The van der Waals surface area contributed by atoms with Crippen molar-refractivity contribution in [3.05, 3.63) is 51.8 Å². The highest BCUT2D eigenvalue weighted by atomic mass is 35.5. The summed E-state index contributed by atoms with van der Waals surface area (Å²) in [5.74, 6) is 5.80. The van der Waals surface area contributed by atoms with Crippen LogP contribution in [0.5, 0.6) is 0 Å². The van der Waals surface area contributed by atoms with Gasteiger partial charge < -0.3 is 0 Å². The molecule has 0 aliphatic rings. The van der Waals surface area contributed by atoms with Crippen LogP contribution in [0.15, 0.2) is 24.4 Å². The van der Waals surface area contributed by atoms with Crippen molar-refractivity contribution in [1.29, 1.82) is 0 Å². The third-order valence-electron chi connectivity index (χ3n) is 3.67. The molecule has 1 aromatic carbocycles. The monoisotopic (exact) mass is 292 g/mol. The molecule has 4 nitrogen and oxygen atoms in total. The molecule has 0 amide bonds. The van der Waals surface area contributed by atoms with Crippen LogP contribution in [0.2, 0.25) is 5.02 Å². The number of hydrogen-bond donors (Lipinski definition) is 2. The van der Waals surface area contributed by atoms with Gasteiger partial charge in [-0.2, -0.15) is 5.10 Å². The van der Waals surface area contributed by atoms with E-state index in [4.69, 9.17) is 17.4 Å². The summed E-state index contributed by atoms with van der Waals surface area (Å²) in [5, 5.41) is 4.98. The Bertz CT molecular complexity index is 592. The average Bonchev–Trinajstić information content (AvgIpc) is 2.78. The van der Waals surface area contributed by atoms with Crippen LogP contribution in [0, 0.1) is 13.8 Å². The van der Waals surface area contributed by atoms with Gasteiger partial charge in [0.05, 0.1) is 23.0 Å². The number of benzene rings is 1. The van der Waals surface area contributed by atoms with Gasteiger partial charge in [-0.1, -0.05) is 36.7 Å². The topological polar surface area (TPSA) is 55.9 Å². The first-order chi connectivity index (χ1) is 9.60. The Hall–Kier alpha value is -1.36. The van der Waals surface area contributed by atoms with Crippen molar-refractivity contribution in [1.82, 2.24) is 15.2 Å². The third kappa shape index (κ3) is 2.73. The van der Waals surface area contributed by atoms with E-state index in [1.54, 1.807) is 6.20 Å². The molecule has 2 aromatic rings. The van der Waals surface area contributed by atoms with Crippen LogP contribution in [0.1, 0.15) is 41.8 Å². The second-order valence-electron chi connectivity index (χ2n) is 4.99. The molecule has 1 atom stereocenters. The Balaban J connectivity index is 2.52. The van der Waals surface area contributed by atoms with Gasteiger partial charge in [0, 0.05) is 6.54 Å². The van der Waals surface area contributed by atoms with Crippen LogP contribution in [-0.2, 0) is 6.54 Å². The summed E-state index contributed by atoms with van der Waals surface area (Å²) < 4.78 is 1.93. The van der Waals surface area contributed by atoms with Gasteiger partial charge in [0.15, 0.2) is 0 Å². The molecular formula is C15H21ClN4. The van der Waals surface area contributed by atoms with Crippen molar-refractivity contribution in [2.24, 2.45) is 5.84 Å². The molecule has 108 valence electrons. The van der Waals surface area contributed by atoms with E-state index in [9.17, 15) is 0 Å². The third-order valence-corrected chi connectivity index (χ3v) is 3.96. The molecule has 1 unspecified atom stereocenters. The van der Waals surface area contributed by atoms with Crippen molar-refractivity contribution in [3.63, 3.8) is 0 Å². The van der Waals surface area contributed by atoms with E-state index in [0.29, 0.717) is 5.02 Å². The number of nitrogens with one attached hydrogen (secondary N) is 1. The highest BCUT2D eigenvalue weighted by Gasteiger charge is 2.22. The average molecular weight is 293 g/mol. The van der Waals surface area contributed by atoms with Crippen LogP contribution in [0.25, 0.3) is 0 Å². The Morgan fingerprint density at radius 1 is 1.40 bits per heavy atom. The number of aromatic nitrogens is 2. The van der Waals surface area contributed by atoms with E-state index in [1.807, 2.05) is 10.7 Å². The normalized spacial score (nSPS) is 12.7. The van der Waals surface area contributed by atoms with Crippen LogP contribution in [0.3, 0.4) is 0 Å². The molecule has 0 fully saturated rings. The van der Waals surface area contributed by atoms with Crippen LogP contribution in [0.4, 0.5) is 0 Å². The van der Waals surface area contributed by atoms with Crippen molar-refractivity contribution < 1.29 is 0 Å². The largest absolute Gasteiger partial charge is 0.271 e. The van der Waals surface area contributed by atoms with Gasteiger partial charge in [0.1, 0.15) is 0 Å². The van der Waals surface area contributed by atoms with Crippen molar-refractivity contribution in [3.8, 4) is 0 Å². The first kappa shape index (κ1) is 15.0. The smallest absolute Gasteiger partial charge is 0.0896 e. The minimum atomic E-state index is -0.156. The summed E-state index contributed by atoms with van der Waals surface area (Å²) in [7, 11) is 0. The van der Waals surface area contributed by atoms with Crippen LogP contribution >= 0.6 is 11.6 Å². The molecule has 0 aliphatic heterocycles. The molecular weight excluding hydrogens is 272 g/mol. The lowest BCUT2D eigenvalue weighted by molar-refractivity contribution is 0.520. The van der Waals surface area contributed by atoms with Crippen molar-refractivity contribution in [2.75, 3.05) is 0 Å². The Kier molecular flexibility index (Phi) is 4.81. The lowest BCUT2D eigenvalue weighted by atomic mass is 9.96. The molecule has 1 heterocycles. The van der Waals surface area contributed by atoms with E-state index >= 15 is 0 Å². The van der Waals surface area contributed by atoms with Crippen LogP contribution in [-0.4, -0.2) is 9.78 Å². The summed E-state index contributed by atoms with van der Waals surface area (Å²) in [6.45, 7) is 7.13. The zero-order chi connectivity index (χ0) is 14.7. The fourth-order valence-corrected chi connectivity index (χ4v) is 2.70. The van der Waals surface area contributed by atoms with Gasteiger partial charge in [-0.25, -0.2) is 5.43 Å². The van der Waals surface area contributed by atoms with Crippen molar-refractivity contribution >= 4 is 11.6 Å². The molecule has 2 rings (SSSR count). The molecule has 5 heteroatoms. The lowest BCUT2D eigenvalue weighted by Gasteiger charge is -2.21. The summed E-state index contributed by atoms with van der Waals surface area (Å²) >= 11 is 6.32. The Morgan fingerprint density at radius 3 is 2.80 bits per heavy atom. The number of rotatable bonds is 5. The maximum atomic E-state index is 6.32. The minimum absolute atomic E-state index is 0.156. The molecule has 3 N–H and O–H groups in total. The number of hydrazine groups is 1. The summed E-state index contributed by atoms with van der Waals surface area (Å²) in [6, 6.07) is 6.05. The number of nitrogens with zero attached hydrogens (tertiary/aromatic N) is 2. The predicted octanol–water partition coefficient (Wildman–Crippen LogP) is 3.12. The van der Waals surface area contributed by atoms with Gasteiger partial charge in [-0.3, -0.25) is 10.5 Å². The zero-order valence-electron chi connectivity index (χ0n) is 12.2. The summed E-state index contributed by atoms with van der Waals surface area (Å²) in [4.78, 5) is 0. The first-order valence-corrected chi connectivity index (χ1v) is 7.21. The molecule has 0 aliphatic carbocycles. The van der Waals surface area contributed by atoms with E-state index in [1.165, 1.54) is 11.1 Å². The number of halogens is 1. The maximum absolute atomic E-state index is 6.32. The van der Waals surface area contributed by atoms with Gasteiger partial charge in [-0.05, 0) is 37.0 Å². The van der Waals surface area contributed by atoms with E-state index in [2.05, 4.69) is 43.4 Å². The van der Waals surface area contributed by atoms with Gasteiger partial charge >= 0.3 is 0 Å². The molecule has 0 saturated carbocycles. The summed E-state index contributed by atoms with van der Waals surface area (Å²) in [6.07, 6.45) is 2.68. The molecule has 0 spiro atoms. The highest BCUT2D eigenvalue weighted by molar-refractivity contribution is 6.31. The van der Waals surface area contributed by atoms with Crippen LogP contribution < -0.4 is 11.3 Å². The first-order valence-electron chi connectivity index (χ1n) is 6.83. The minimum Gasteiger partial charge on any atom is -0.271 e. The quantitative estimate of drug-likeness (QED) is 0.657. The molecule has 20 heavy (non-hydrogen) atoms. The maximum Gasteiger partial charge on any atom is 0.0896 e. The second kappa shape index (κ2) is 6.39. The van der Waals surface area contributed by atoms with E-state index in [0.717, 1.165) is 24.2 Å².